The largest absolute Gasteiger partial charge is 0.378 e. The quantitative estimate of drug-likeness (QED) is 0.697. The highest BCUT2D eigenvalue weighted by atomic mass is 35.5. The molecule has 2 heterocycles. The van der Waals surface area contributed by atoms with E-state index >= 15 is 0 Å². The molecule has 2 aliphatic heterocycles. The van der Waals surface area contributed by atoms with Crippen LogP contribution < -0.4 is 11.1 Å². The first kappa shape index (κ1) is 12.5. The Bertz CT molecular complexity index is 648. The number of carbonyl (C=O) groups excluding carboxylic acids is 2. The summed E-state index contributed by atoms with van der Waals surface area (Å²) in [6.07, 6.45) is 0. The van der Waals surface area contributed by atoms with Crippen molar-refractivity contribution < 1.29 is 14.7 Å². The maximum atomic E-state index is 12.0. The Morgan fingerprint density at radius 1 is 1.47 bits per heavy atom. The van der Waals surface area contributed by atoms with Crippen molar-refractivity contribution in [2.75, 3.05) is 5.32 Å². The summed E-state index contributed by atoms with van der Waals surface area (Å²) < 4.78 is 0. The summed E-state index contributed by atoms with van der Waals surface area (Å²) in [5, 5.41) is 12.5. The molecular formula is C11H8ClN3O3S. The van der Waals surface area contributed by atoms with Crippen LogP contribution in [0.4, 0.5) is 5.69 Å². The maximum Gasteiger partial charge on any atom is 0.265 e. The first-order valence-electron chi connectivity index (χ1n) is 5.31. The number of rotatable bonds is 1. The summed E-state index contributed by atoms with van der Waals surface area (Å²) in [5.74, 6) is -1.31. The van der Waals surface area contributed by atoms with Crippen LogP contribution in [0, 0.1) is 0 Å². The van der Waals surface area contributed by atoms with Gasteiger partial charge in [-0.05, 0) is 18.2 Å². The molecule has 4 N–H and O–H groups in total. The van der Waals surface area contributed by atoms with Crippen molar-refractivity contribution in [3.63, 3.8) is 0 Å². The maximum absolute atomic E-state index is 12.0. The van der Waals surface area contributed by atoms with E-state index in [4.69, 9.17) is 17.3 Å². The number of amidine groups is 1. The smallest absolute Gasteiger partial charge is 0.265 e. The monoisotopic (exact) mass is 297 g/mol. The Morgan fingerprint density at radius 2 is 2.21 bits per heavy atom. The van der Waals surface area contributed by atoms with Gasteiger partial charge in [-0.2, -0.15) is 4.99 Å². The highest BCUT2D eigenvalue weighted by Crippen LogP contribution is 2.45. The molecule has 0 aromatic heterocycles. The minimum Gasteiger partial charge on any atom is -0.378 e. The summed E-state index contributed by atoms with van der Waals surface area (Å²) in [4.78, 5) is 27.3. The van der Waals surface area contributed by atoms with E-state index in [2.05, 4.69) is 10.3 Å². The number of anilines is 1. The van der Waals surface area contributed by atoms with Crippen LogP contribution in [-0.2, 0) is 15.2 Å². The number of thioether (sulfide) groups is 1. The lowest BCUT2D eigenvalue weighted by atomic mass is 9.91. The van der Waals surface area contributed by atoms with E-state index in [1.54, 1.807) is 12.1 Å². The van der Waals surface area contributed by atoms with Crippen molar-refractivity contribution in [3.05, 3.63) is 28.8 Å². The Morgan fingerprint density at radius 3 is 2.84 bits per heavy atom. The first-order valence-corrected chi connectivity index (χ1v) is 6.57. The number of nitrogens with one attached hydrogen (secondary N) is 1. The van der Waals surface area contributed by atoms with Crippen molar-refractivity contribution in [1.82, 2.24) is 0 Å². The summed E-state index contributed by atoms with van der Waals surface area (Å²) in [5.41, 5.74) is 4.14. The summed E-state index contributed by atoms with van der Waals surface area (Å²) in [6.45, 7) is 0. The fourth-order valence-corrected chi connectivity index (χ4v) is 3.28. The van der Waals surface area contributed by atoms with Crippen molar-refractivity contribution in [2.24, 2.45) is 10.7 Å². The zero-order valence-electron chi connectivity index (χ0n) is 9.38. The predicted molar refractivity (Wildman–Crippen MR) is 72.0 cm³/mol. The summed E-state index contributed by atoms with van der Waals surface area (Å²) >= 11 is 6.74. The molecule has 0 spiro atoms. The van der Waals surface area contributed by atoms with Gasteiger partial charge in [0, 0.05) is 16.3 Å². The molecule has 0 aliphatic carbocycles. The van der Waals surface area contributed by atoms with Gasteiger partial charge in [0.2, 0.25) is 0 Å². The molecule has 0 saturated carbocycles. The fraction of sp³-hybridized carbons (Fsp3) is 0.182. The summed E-state index contributed by atoms with van der Waals surface area (Å²) in [7, 11) is 0. The van der Waals surface area contributed by atoms with Gasteiger partial charge in [-0.25, -0.2) is 0 Å². The van der Waals surface area contributed by atoms with E-state index in [0.29, 0.717) is 10.7 Å². The molecule has 1 aromatic carbocycles. The number of amides is 2. The number of fused-ring (bicyclic) bond motifs is 1. The molecule has 1 aromatic rings. The third-order valence-electron chi connectivity index (χ3n) is 3.05. The average molecular weight is 298 g/mol. The van der Waals surface area contributed by atoms with Gasteiger partial charge in [0.25, 0.3) is 11.8 Å². The van der Waals surface area contributed by atoms with E-state index in [0.717, 1.165) is 11.8 Å². The molecule has 2 amide bonds. The van der Waals surface area contributed by atoms with Gasteiger partial charge in [0.05, 0.1) is 0 Å². The van der Waals surface area contributed by atoms with E-state index in [1.165, 1.54) is 6.07 Å². The van der Waals surface area contributed by atoms with Crippen LogP contribution in [0.25, 0.3) is 0 Å². The van der Waals surface area contributed by atoms with Crippen molar-refractivity contribution in [1.29, 1.82) is 0 Å². The normalized spacial score (nSPS) is 29.2. The predicted octanol–water partition coefficient (Wildman–Crippen LogP) is 0.436. The molecule has 0 fully saturated rings. The zero-order chi connectivity index (χ0) is 13.8. The van der Waals surface area contributed by atoms with Gasteiger partial charge in [0.1, 0.15) is 5.25 Å². The molecule has 8 heteroatoms. The lowest BCUT2D eigenvalue weighted by Gasteiger charge is -2.25. The van der Waals surface area contributed by atoms with Crippen LogP contribution >= 0.6 is 23.4 Å². The Balaban J connectivity index is 2.13. The number of nitrogens with two attached hydrogens (primary N) is 1. The molecule has 3 rings (SSSR count). The molecule has 0 radical (unpaired) electrons. The number of hydrogen-bond donors (Lipinski definition) is 3. The van der Waals surface area contributed by atoms with E-state index in [1.807, 2.05) is 0 Å². The minimum absolute atomic E-state index is 0.0340. The van der Waals surface area contributed by atoms with E-state index < -0.39 is 22.7 Å². The molecule has 0 bridgehead atoms. The highest BCUT2D eigenvalue weighted by molar-refractivity contribution is 8.15. The topological polar surface area (TPSA) is 105 Å². The van der Waals surface area contributed by atoms with Crippen LogP contribution in [0.15, 0.2) is 23.2 Å². The van der Waals surface area contributed by atoms with Crippen molar-refractivity contribution in [2.45, 2.75) is 10.9 Å². The van der Waals surface area contributed by atoms with Gasteiger partial charge >= 0.3 is 0 Å². The van der Waals surface area contributed by atoms with E-state index in [9.17, 15) is 14.7 Å². The molecule has 98 valence electrons. The number of nitrogens with zero attached hydrogens (tertiary/aromatic N) is 1. The number of aliphatic hydroxyl groups is 1. The minimum atomic E-state index is -2.01. The second-order valence-electron chi connectivity index (χ2n) is 4.20. The number of hydrogen-bond acceptors (Lipinski definition) is 5. The second kappa shape index (κ2) is 3.96. The summed E-state index contributed by atoms with van der Waals surface area (Å²) in [6, 6.07) is 4.61. The molecule has 2 atom stereocenters. The SMILES string of the molecule is NC1=NC(=O)[C@H]([C@]2(O)C(=O)Nc3ccc(Cl)cc32)S1. The number of benzene rings is 1. The van der Waals surface area contributed by atoms with Gasteiger partial charge in [-0.15, -0.1) is 0 Å². The molecule has 6 nitrogen and oxygen atoms in total. The lowest BCUT2D eigenvalue weighted by Crippen LogP contribution is -2.46. The second-order valence-corrected chi connectivity index (χ2v) is 5.76. The van der Waals surface area contributed by atoms with Crippen LogP contribution in [0.3, 0.4) is 0 Å². The third-order valence-corrected chi connectivity index (χ3v) is 4.40. The van der Waals surface area contributed by atoms with Crippen molar-refractivity contribution in [3.8, 4) is 0 Å². The van der Waals surface area contributed by atoms with Crippen LogP contribution in [0.2, 0.25) is 5.02 Å². The molecule has 19 heavy (non-hydrogen) atoms. The van der Waals surface area contributed by atoms with Crippen LogP contribution in [0.5, 0.6) is 0 Å². The van der Waals surface area contributed by atoms with Gasteiger partial charge in [-0.1, -0.05) is 23.4 Å². The standard InChI is InChI=1S/C11H8ClN3O3S/c12-4-1-2-6-5(3-4)11(18,9(17)14-6)7-8(16)15-10(13)19-7/h1-3,7,18H,(H,14,17)(H2,13,15,16)/t7-,11+/m1/s1. The van der Waals surface area contributed by atoms with Crippen molar-refractivity contribution >= 4 is 46.0 Å². The Labute approximate surface area is 117 Å². The van der Waals surface area contributed by atoms with Gasteiger partial charge < -0.3 is 16.2 Å². The Hall–Kier alpha value is -1.57. The van der Waals surface area contributed by atoms with E-state index in [-0.39, 0.29) is 10.7 Å². The number of aliphatic imine (C=N–C) groups is 1. The van der Waals surface area contributed by atoms with Crippen LogP contribution in [-0.4, -0.2) is 27.3 Å². The molecule has 0 unspecified atom stereocenters. The zero-order valence-corrected chi connectivity index (χ0v) is 11.0. The molecule has 2 aliphatic rings. The number of halogens is 1. The molecular weight excluding hydrogens is 290 g/mol. The molecule has 0 saturated heterocycles. The fourth-order valence-electron chi connectivity index (χ4n) is 2.17. The van der Waals surface area contributed by atoms with Gasteiger partial charge in [-0.3, -0.25) is 9.59 Å². The van der Waals surface area contributed by atoms with Crippen LogP contribution in [0.1, 0.15) is 5.56 Å². The average Bonchev–Trinajstić information content (AvgIpc) is 2.80. The first-order chi connectivity index (χ1) is 8.92. The third kappa shape index (κ3) is 1.66. The Kier molecular flexibility index (Phi) is 2.60. The van der Waals surface area contributed by atoms with Gasteiger partial charge in [0.15, 0.2) is 10.8 Å². The number of carbonyl (C=O) groups is 2. The highest BCUT2D eigenvalue weighted by Gasteiger charge is 2.56. The lowest BCUT2D eigenvalue weighted by molar-refractivity contribution is -0.138.